The Labute approximate surface area is 200 Å². The van der Waals surface area contributed by atoms with Crippen molar-refractivity contribution in [2.75, 3.05) is 26.7 Å². The molecule has 1 unspecified atom stereocenters. The summed E-state index contributed by atoms with van der Waals surface area (Å²) in [7, 11) is 1.98. The predicted molar refractivity (Wildman–Crippen MR) is 114 cm³/mol. The van der Waals surface area contributed by atoms with Crippen molar-refractivity contribution in [2.24, 2.45) is 5.92 Å². The van der Waals surface area contributed by atoms with Crippen LogP contribution >= 0.6 is 0 Å². The second kappa shape index (κ2) is 11.4. The zero-order valence-electron chi connectivity index (χ0n) is 18.7. The third-order valence-electron chi connectivity index (χ3n) is 5.18. The van der Waals surface area contributed by atoms with E-state index in [4.69, 9.17) is 9.84 Å². The van der Waals surface area contributed by atoms with Gasteiger partial charge in [-0.05, 0) is 50.7 Å². The molecule has 2 aromatic carbocycles. The standard InChI is InChI=1S/C14H17F3N2O3.C7H4F3NO3/c1-18-6-2-3-10(8-18)9-22-13-5-4-11(14(15,16)17)7-12(13)19(20)21;8-7(9,10)4-1-2-6(12)5(3-4)11(13)14/h4-5,7,10H,2-3,6,8-9H2,1H3;1-3,12H. The number of rotatable bonds is 5. The fourth-order valence-electron chi connectivity index (χ4n) is 3.42. The lowest BCUT2D eigenvalue weighted by atomic mass is 9.99. The molecule has 0 bridgehead atoms. The Bertz CT molecular complexity index is 1090. The summed E-state index contributed by atoms with van der Waals surface area (Å²) in [4.78, 5) is 21.3. The van der Waals surface area contributed by atoms with E-state index in [9.17, 15) is 46.6 Å². The van der Waals surface area contributed by atoms with Gasteiger partial charge in [0.2, 0.25) is 0 Å². The van der Waals surface area contributed by atoms with Crippen molar-refractivity contribution in [3.8, 4) is 11.5 Å². The fourth-order valence-corrected chi connectivity index (χ4v) is 3.42. The number of piperidine rings is 1. The maximum absolute atomic E-state index is 12.6. The molecule has 1 saturated heterocycles. The molecule has 198 valence electrons. The highest BCUT2D eigenvalue weighted by Crippen LogP contribution is 2.37. The molecule has 0 saturated carbocycles. The highest BCUT2D eigenvalue weighted by atomic mass is 19.4. The van der Waals surface area contributed by atoms with E-state index in [2.05, 4.69) is 4.90 Å². The quantitative estimate of drug-likeness (QED) is 0.304. The van der Waals surface area contributed by atoms with Crippen molar-refractivity contribution in [2.45, 2.75) is 25.2 Å². The Hall–Kier alpha value is -3.62. The van der Waals surface area contributed by atoms with Crippen LogP contribution in [0.15, 0.2) is 36.4 Å². The van der Waals surface area contributed by atoms with E-state index in [1.807, 2.05) is 7.05 Å². The monoisotopic (exact) mass is 525 g/mol. The topological polar surface area (TPSA) is 119 Å². The van der Waals surface area contributed by atoms with Crippen LogP contribution in [-0.2, 0) is 12.4 Å². The summed E-state index contributed by atoms with van der Waals surface area (Å²) >= 11 is 0. The molecule has 0 amide bonds. The van der Waals surface area contributed by atoms with Crippen LogP contribution in [0.5, 0.6) is 11.5 Å². The summed E-state index contributed by atoms with van der Waals surface area (Å²) in [5.74, 6) is -0.685. The number of nitro benzene ring substituents is 2. The molecule has 1 fully saturated rings. The number of phenolic OH excluding ortho intramolecular Hbond substituents is 1. The van der Waals surface area contributed by atoms with Crippen LogP contribution in [0.2, 0.25) is 0 Å². The molecule has 0 spiro atoms. The molecule has 0 radical (unpaired) electrons. The first-order valence-corrected chi connectivity index (χ1v) is 10.3. The van der Waals surface area contributed by atoms with E-state index in [1.54, 1.807) is 0 Å². The molecule has 1 aliphatic heterocycles. The average Bonchev–Trinajstić information content (AvgIpc) is 2.76. The molecule has 1 atom stereocenters. The molecule has 1 aliphatic rings. The Balaban J connectivity index is 0.000000281. The SMILES string of the molecule is CN1CCCC(COc2ccc(C(F)(F)F)cc2[N+](=O)[O-])C1.O=[N+]([O-])c1cc(C(F)(F)F)ccc1O. The van der Waals surface area contributed by atoms with Crippen LogP contribution in [0.4, 0.5) is 37.7 Å². The summed E-state index contributed by atoms with van der Waals surface area (Å²) in [5.41, 5.74) is -3.83. The average molecular weight is 525 g/mol. The lowest BCUT2D eigenvalue weighted by Crippen LogP contribution is -2.34. The number of hydrogen-bond acceptors (Lipinski definition) is 7. The minimum absolute atomic E-state index is 0.119. The Morgan fingerprint density at radius 1 is 0.972 bits per heavy atom. The van der Waals surface area contributed by atoms with Crippen LogP contribution in [0, 0.1) is 26.1 Å². The van der Waals surface area contributed by atoms with Gasteiger partial charge in [0.05, 0.1) is 27.6 Å². The summed E-state index contributed by atoms with van der Waals surface area (Å²) in [5, 5.41) is 30.0. The maximum atomic E-state index is 12.6. The van der Waals surface area contributed by atoms with Crippen molar-refractivity contribution in [3.05, 3.63) is 67.8 Å². The Morgan fingerprint density at radius 3 is 2.00 bits per heavy atom. The van der Waals surface area contributed by atoms with Crippen LogP contribution in [-0.4, -0.2) is 46.6 Å². The van der Waals surface area contributed by atoms with E-state index in [0.717, 1.165) is 38.1 Å². The van der Waals surface area contributed by atoms with Gasteiger partial charge in [-0.3, -0.25) is 20.2 Å². The summed E-state index contributed by atoms with van der Waals surface area (Å²) in [6.45, 7) is 2.07. The van der Waals surface area contributed by atoms with Gasteiger partial charge in [-0.25, -0.2) is 0 Å². The van der Waals surface area contributed by atoms with Crippen molar-refractivity contribution in [3.63, 3.8) is 0 Å². The number of halogens is 6. The van der Waals surface area contributed by atoms with E-state index < -0.39 is 50.5 Å². The molecule has 1 heterocycles. The second-order valence-electron chi connectivity index (χ2n) is 7.98. The molecule has 1 N–H and O–H groups in total. The fraction of sp³-hybridized carbons (Fsp3) is 0.429. The van der Waals surface area contributed by atoms with E-state index in [1.165, 1.54) is 0 Å². The highest BCUT2D eigenvalue weighted by molar-refractivity contribution is 5.49. The first kappa shape index (κ1) is 28.6. The minimum Gasteiger partial charge on any atom is -0.502 e. The van der Waals surface area contributed by atoms with Gasteiger partial charge >= 0.3 is 23.7 Å². The van der Waals surface area contributed by atoms with E-state index in [-0.39, 0.29) is 24.3 Å². The third kappa shape index (κ3) is 7.96. The van der Waals surface area contributed by atoms with Gasteiger partial charge in [0, 0.05) is 24.6 Å². The van der Waals surface area contributed by atoms with Gasteiger partial charge in [0.1, 0.15) is 0 Å². The van der Waals surface area contributed by atoms with E-state index >= 15 is 0 Å². The number of likely N-dealkylation sites (tertiary alicyclic amines) is 1. The molecule has 36 heavy (non-hydrogen) atoms. The van der Waals surface area contributed by atoms with Gasteiger partial charge in [-0.1, -0.05) is 0 Å². The van der Waals surface area contributed by atoms with Gasteiger partial charge < -0.3 is 14.7 Å². The van der Waals surface area contributed by atoms with Crippen molar-refractivity contribution >= 4 is 11.4 Å². The van der Waals surface area contributed by atoms with Crippen LogP contribution in [0.1, 0.15) is 24.0 Å². The number of benzene rings is 2. The summed E-state index contributed by atoms with van der Waals surface area (Å²) in [6, 6.07) is 3.84. The molecule has 0 aliphatic carbocycles. The number of nitrogens with zero attached hydrogens (tertiary/aromatic N) is 3. The third-order valence-corrected chi connectivity index (χ3v) is 5.18. The van der Waals surface area contributed by atoms with Gasteiger partial charge in [-0.2, -0.15) is 26.3 Å². The zero-order valence-corrected chi connectivity index (χ0v) is 18.7. The Kier molecular flexibility index (Phi) is 9.07. The lowest BCUT2D eigenvalue weighted by Gasteiger charge is -2.29. The van der Waals surface area contributed by atoms with Crippen molar-refractivity contribution in [1.29, 1.82) is 0 Å². The number of hydrogen-bond donors (Lipinski definition) is 1. The number of phenols is 1. The molecule has 9 nitrogen and oxygen atoms in total. The summed E-state index contributed by atoms with van der Waals surface area (Å²) in [6.07, 6.45) is -7.31. The lowest BCUT2D eigenvalue weighted by molar-refractivity contribution is -0.386. The maximum Gasteiger partial charge on any atom is 0.416 e. The second-order valence-corrected chi connectivity index (χ2v) is 7.98. The van der Waals surface area contributed by atoms with Crippen LogP contribution in [0.3, 0.4) is 0 Å². The molecule has 3 rings (SSSR count). The normalized spacial score (nSPS) is 16.6. The van der Waals surface area contributed by atoms with Gasteiger partial charge in [0.25, 0.3) is 0 Å². The number of ether oxygens (including phenoxy) is 1. The predicted octanol–water partition coefficient (Wildman–Crippen LogP) is 5.65. The molecular formula is C21H21F6N3O6. The number of alkyl halides is 6. The van der Waals surface area contributed by atoms with Crippen molar-refractivity contribution in [1.82, 2.24) is 4.90 Å². The first-order valence-electron chi connectivity index (χ1n) is 10.3. The van der Waals surface area contributed by atoms with Crippen molar-refractivity contribution < 1.29 is 46.0 Å². The molecule has 0 aromatic heterocycles. The molecular weight excluding hydrogens is 504 g/mol. The van der Waals surface area contributed by atoms with Crippen LogP contribution in [0.25, 0.3) is 0 Å². The molecule has 15 heteroatoms. The number of nitro groups is 2. The Morgan fingerprint density at radius 2 is 1.50 bits per heavy atom. The number of aromatic hydroxyl groups is 1. The van der Waals surface area contributed by atoms with Gasteiger partial charge in [0.15, 0.2) is 11.5 Å². The summed E-state index contributed by atoms with van der Waals surface area (Å²) < 4.78 is 79.4. The highest BCUT2D eigenvalue weighted by Gasteiger charge is 2.34. The van der Waals surface area contributed by atoms with E-state index in [0.29, 0.717) is 18.2 Å². The largest absolute Gasteiger partial charge is 0.502 e. The van der Waals surface area contributed by atoms with Gasteiger partial charge in [-0.15, -0.1) is 0 Å². The van der Waals surface area contributed by atoms with Crippen LogP contribution < -0.4 is 4.74 Å². The minimum atomic E-state index is -4.65. The smallest absolute Gasteiger partial charge is 0.416 e. The first-order chi connectivity index (χ1) is 16.6. The molecule has 2 aromatic rings. The zero-order chi connectivity index (χ0) is 27.3.